The van der Waals surface area contributed by atoms with E-state index in [0.29, 0.717) is 12.5 Å². The van der Waals surface area contributed by atoms with Crippen LogP contribution in [0, 0.1) is 5.92 Å². The minimum Gasteiger partial charge on any atom is -0.366 e. The summed E-state index contributed by atoms with van der Waals surface area (Å²) in [6.07, 6.45) is 3.99. The second kappa shape index (κ2) is 9.55. The van der Waals surface area contributed by atoms with Crippen LogP contribution in [-0.4, -0.2) is 30.2 Å². The molecule has 1 unspecified atom stereocenters. The summed E-state index contributed by atoms with van der Waals surface area (Å²) in [5, 5.41) is 2.75. The Labute approximate surface area is 152 Å². The highest BCUT2D eigenvalue weighted by Gasteiger charge is 2.23. The second-order valence-electron chi connectivity index (χ2n) is 6.16. The third-order valence-corrected chi connectivity index (χ3v) is 4.29. The predicted molar refractivity (Wildman–Crippen MR) is 97.6 cm³/mol. The standard InChI is InChI=1S/C18H26N4O4/c1-3-5-6-10(4-2)9-22-18(26)14-8-12(16(20)24)11(15(19)23)7-13(14)17(21)25/h7-8,10H,3-6,9H2,1-2H3,(H2,19,23)(H2,20,24)(H2,21,25)(H,22,26). The topological polar surface area (TPSA) is 158 Å². The summed E-state index contributed by atoms with van der Waals surface area (Å²) in [6.45, 7) is 4.56. The summed E-state index contributed by atoms with van der Waals surface area (Å²) in [6, 6.07) is 2.12. The molecule has 0 spiro atoms. The summed E-state index contributed by atoms with van der Waals surface area (Å²) < 4.78 is 0. The Hall–Kier alpha value is -2.90. The SMILES string of the molecule is CCCCC(CC)CNC(=O)c1cc(C(N)=O)c(C(N)=O)cc1C(N)=O. The normalized spacial score (nSPS) is 11.6. The fourth-order valence-corrected chi connectivity index (χ4v) is 2.67. The van der Waals surface area contributed by atoms with Crippen LogP contribution in [-0.2, 0) is 0 Å². The van der Waals surface area contributed by atoms with E-state index >= 15 is 0 Å². The molecule has 0 saturated carbocycles. The largest absolute Gasteiger partial charge is 0.366 e. The molecule has 0 fully saturated rings. The molecule has 0 aliphatic rings. The van der Waals surface area contributed by atoms with Crippen molar-refractivity contribution >= 4 is 23.6 Å². The summed E-state index contributed by atoms with van der Waals surface area (Å²) in [7, 11) is 0. The number of nitrogens with one attached hydrogen (secondary N) is 1. The van der Waals surface area contributed by atoms with Crippen molar-refractivity contribution < 1.29 is 19.2 Å². The van der Waals surface area contributed by atoms with Crippen LogP contribution in [0.4, 0.5) is 0 Å². The predicted octanol–water partition coefficient (Wildman–Crippen LogP) is 0.930. The van der Waals surface area contributed by atoms with E-state index < -0.39 is 23.6 Å². The van der Waals surface area contributed by atoms with Crippen LogP contribution in [0.2, 0.25) is 0 Å². The lowest BCUT2D eigenvalue weighted by molar-refractivity contribution is 0.0927. The Balaban J connectivity index is 3.18. The fraction of sp³-hybridized carbons (Fsp3) is 0.444. The van der Waals surface area contributed by atoms with Crippen molar-refractivity contribution in [1.82, 2.24) is 5.32 Å². The van der Waals surface area contributed by atoms with Crippen molar-refractivity contribution in [3.8, 4) is 0 Å². The van der Waals surface area contributed by atoms with Crippen LogP contribution in [0.1, 0.15) is 81.0 Å². The number of carbonyl (C=O) groups is 4. The van der Waals surface area contributed by atoms with E-state index in [9.17, 15) is 19.2 Å². The first-order valence-electron chi connectivity index (χ1n) is 8.58. The summed E-state index contributed by atoms with van der Waals surface area (Å²) >= 11 is 0. The number of nitrogens with two attached hydrogens (primary N) is 3. The Morgan fingerprint density at radius 2 is 1.35 bits per heavy atom. The maximum absolute atomic E-state index is 12.5. The molecule has 7 N–H and O–H groups in total. The summed E-state index contributed by atoms with van der Waals surface area (Å²) in [5.74, 6) is -3.05. The zero-order valence-corrected chi connectivity index (χ0v) is 15.1. The Kier molecular flexibility index (Phi) is 7.77. The van der Waals surface area contributed by atoms with E-state index in [1.807, 2.05) is 6.92 Å². The van der Waals surface area contributed by atoms with Gasteiger partial charge in [0.25, 0.3) is 5.91 Å². The lowest BCUT2D eigenvalue weighted by atomic mass is 9.95. The van der Waals surface area contributed by atoms with Gasteiger partial charge in [0.2, 0.25) is 17.7 Å². The number of benzene rings is 1. The number of unbranched alkanes of at least 4 members (excludes halogenated alkanes) is 1. The number of hydrogen-bond donors (Lipinski definition) is 4. The van der Waals surface area contributed by atoms with Gasteiger partial charge in [0.05, 0.1) is 22.3 Å². The first kappa shape index (κ1) is 21.1. The first-order valence-corrected chi connectivity index (χ1v) is 8.58. The van der Waals surface area contributed by atoms with Gasteiger partial charge in [0.15, 0.2) is 0 Å². The minimum absolute atomic E-state index is 0.110. The average molecular weight is 362 g/mol. The molecule has 8 nitrogen and oxygen atoms in total. The maximum Gasteiger partial charge on any atom is 0.252 e. The van der Waals surface area contributed by atoms with Crippen LogP contribution in [0.3, 0.4) is 0 Å². The molecule has 1 rings (SSSR count). The molecule has 26 heavy (non-hydrogen) atoms. The fourth-order valence-electron chi connectivity index (χ4n) is 2.67. The van der Waals surface area contributed by atoms with E-state index in [1.54, 1.807) is 0 Å². The van der Waals surface area contributed by atoms with Gasteiger partial charge in [-0.25, -0.2) is 0 Å². The molecular formula is C18H26N4O4. The summed E-state index contributed by atoms with van der Waals surface area (Å²) in [4.78, 5) is 47.3. The van der Waals surface area contributed by atoms with Gasteiger partial charge in [-0.15, -0.1) is 0 Å². The maximum atomic E-state index is 12.5. The van der Waals surface area contributed by atoms with Gasteiger partial charge in [0, 0.05) is 6.54 Å². The number of rotatable bonds is 10. The molecule has 0 saturated heterocycles. The lowest BCUT2D eigenvalue weighted by Crippen LogP contribution is -2.32. The molecule has 0 aliphatic heterocycles. The van der Waals surface area contributed by atoms with Crippen LogP contribution in [0.15, 0.2) is 12.1 Å². The van der Waals surface area contributed by atoms with Crippen LogP contribution in [0.5, 0.6) is 0 Å². The van der Waals surface area contributed by atoms with Crippen LogP contribution < -0.4 is 22.5 Å². The third kappa shape index (κ3) is 5.30. The second-order valence-corrected chi connectivity index (χ2v) is 6.16. The van der Waals surface area contributed by atoms with Crippen molar-refractivity contribution in [2.75, 3.05) is 6.54 Å². The average Bonchev–Trinajstić information content (AvgIpc) is 2.60. The molecule has 8 heteroatoms. The lowest BCUT2D eigenvalue weighted by Gasteiger charge is -2.17. The quantitative estimate of drug-likeness (QED) is 0.488. The molecule has 142 valence electrons. The van der Waals surface area contributed by atoms with E-state index in [2.05, 4.69) is 12.2 Å². The van der Waals surface area contributed by atoms with Crippen molar-refractivity contribution in [3.05, 3.63) is 34.4 Å². The number of amides is 4. The molecule has 0 heterocycles. The molecule has 0 bridgehead atoms. The zero-order valence-electron chi connectivity index (χ0n) is 15.1. The smallest absolute Gasteiger partial charge is 0.252 e. The van der Waals surface area contributed by atoms with Crippen molar-refractivity contribution in [3.63, 3.8) is 0 Å². The van der Waals surface area contributed by atoms with Crippen LogP contribution >= 0.6 is 0 Å². The Morgan fingerprint density at radius 3 is 1.77 bits per heavy atom. The number of primary amides is 3. The van der Waals surface area contributed by atoms with E-state index in [0.717, 1.165) is 37.8 Å². The molecule has 4 amide bonds. The van der Waals surface area contributed by atoms with Gasteiger partial charge in [-0.3, -0.25) is 19.2 Å². The minimum atomic E-state index is -0.945. The van der Waals surface area contributed by atoms with Crippen molar-refractivity contribution in [2.24, 2.45) is 23.1 Å². The van der Waals surface area contributed by atoms with E-state index in [1.165, 1.54) is 0 Å². The highest BCUT2D eigenvalue weighted by Crippen LogP contribution is 2.18. The molecule has 0 aromatic heterocycles. The molecule has 0 aliphatic carbocycles. The van der Waals surface area contributed by atoms with Gasteiger partial charge >= 0.3 is 0 Å². The van der Waals surface area contributed by atoms with Crippen LogP contribution in [0.25, 0.3) is 0 Å². The summed E-state index contributed by atoms with van der Waals surface area (Å²) in [5.41, 5.74) is 15.0. The molecule has 0 radical (unpaired) electrons. The highest BCUT2D eigenvalue weighted by atomic mass is 16.2. The molecule has 1 aromatic rings. The molecule has 1 aromatic carbocycles. The van der Waals surface area contributed by atoms with Gasteiger partial charge in [-0.05, 0) is 24.5 Å². The molecular weight excluding hydrogens is 336 g/mol. The third-order valence-electron chi connectivity index (χ3n) is 4.29. The first-order chi connectivity index (χ1) is 12.2. The van der Waals surface area contributed by atoms with E-state index in [4.69, 9.17) is 17.2 Å². The van der Waals surface area contributed by atoms with E-state index in [-0.39, 0.29) is 22.3 Å². The number of carbonyl (C=O) groups excluding carboxylic acids is 4. The van der Waals surface area contributed by atoms with Gasteiger partial charge in [-0.2, -0.15) is 0 Å². The van der Waals surface area contributed by atoms with Crippen molar-refractivity contribution in [1.29, 1.82) is 0 Å². The van der Waals surface area contributed by atoms with Gasteiger partial charge in [0.1, 0.15) is 0 Å². The monoisotopic (exact) mass is 362 g/mol. The zero-order chi connectivity index (χ0) is 19.9. The Morgan fingerprint density at radius 1 is 0.885 bits per heavy atom. The van der Waals surface area contributed by atoms with Crippen molar-refractivity contribution in [2.45, 2.75) is 39.5 Å². The van der Waals surface area contributed by atoms with Gasteiger partial charge < -0.3 is 22.5 Å². The Bertz CT molecular complexity index is 715. The molecule has 1 atom stereocenters. The number of hydrogen-bond acceptors (Lipinski definition) is 4. The van der Waals surface area contributed by atoms with Gasteiger partial charge in [-0.1, -0.05) is 33.1 Å². The highest BCUT2D eigenvalue weighted by molar-refractivity contribution is 6.13.